The van der Waals surface area contributed by atoms with E-state index in [1.807, 2.05) is 13.8 Å². The van der Waals surface area contributed by atoms with Crippen molar-refractivity contribution in [3.63, 3.8) is 0 Å². The summed E-state index contributed by atoms with van der Waals surface area (Å²) in [5.41, 5.74) is 0.0633. The second-order valence-electron chi connectivity index (χ2n) is 7.90. The van der Waals surface area contributed by atoms with Gasteiger partial charge in [-0.25, -0.2) is 0 Å². The van der Waals surface area contributed by atoms with Crippen molar-refractivity contribution in [2.75, 3.05) is 45.2 Å². The first-order valence-electron chi connectivity index (χ1n) is 9.89. The summed E-state index contributed by atoms with van der Waals surface area (Å²) in [5, 5.41) is 10.5. The zero-order chi connectivity index (χ0) is 20.1. The predicted molar refractivity (Wildman–Crippen MR) is 111 cm³/mol. The second kappa shape index (κ2) is 10.4. The average Bonchev–Trinajstić information content (AvgIpc) is 3.08. The first kappa shape index (κ1) is 23.6. The van der Waals surface area contributed by atoms with Gasteiger partial charge in [0.25, 0.3) is 0 Å². The highest BCUT2D eigenvalue weighted by molar-refractivity contribution is 5.95. The molecule has 9 nitrogen and oxygen atoms in total. The van der Waals surface area contributed by atoms with E-state index in [0.717, 1.165) is 25.9 Å². The van der Waals surface area contributed by atoms with Crippen molar-refractivity contribution in [1.29, 1.82) is 0 Å². The lowest BCUT2D eigenvalue weighted by atomic mass is 9.78. The molecule has 2 aliphatic rings. The zero-order valence-electron chi connectivity index (χ0n) is 17.3. The molecule has 2 amide bonds. The highest BCUT2D eigenvalue weighted by Gasteiger charge is 2.39. The fraction of sp³-hybridized carbons (Fsp3) is 0.737. The molecule has 0 radical (unpaired) electrons. The molecule has 164 valence electrons. The molecular formula is C19H32ClN5O4. The van der Waals surface area contributed by atoms with Crippen LogP contribution < -0.4 is 10.6 Å². The van der Waals surface area contributed by atoms with Crippen LogP contribution in [0.3, 0.4) is 0 Å². The SMILES string of the molecule is COCC1(C(=O)Nc2cnn(CC(=O)N3CC(C)OC(C)C3)c2)CCNCC1.Cl. The molecule has 1 aromatic heterocycles. The summed E-state index contributed by atoms with van der Waals surface area (Å²) in [6.07, 6.45) is 4.80. The van der Waals surface area contributed by atoms with E-state index in [2.05, 4.69) is 15.7 Å². The molecule has 10 heteroatoms. The maximum absolute atomic E-state index is 12.9. The first-order chi connectivity index (χ1) is 13.4. The summed E-state index contributed by atoms with van der Waals surface area (Å²) in [6.45, 7) is 7.22. The van der Waals surface area contributed by atoms with Crippen LogP contribution in [-0.2, 0) is 25.6 Å². The lowest BCUT2D eigenvalue weighted by molar-refractivity contribution is -0.144. The molecular weight excluding hydrogens is 398 g/mol. The minimum atomic E-state index is -0.530. The Morgan fingerprint density at radius 3 is 2.59 bits per heavy atom. The standard InChI is InChI=1S/C19H31N5O4.ClH/c1-14-9-23(10-15(2)28-14)17(25)12-24-11-16(8-21-24)22-18(26)19(13-27-3)4-6-20-7-5-19;/h8,11,14-15,20H,4-7,9-10,12-13H2,1-3H3,(H,22,26);1H. The third kappa shape index (κ3) is 5.91. The number of amides is 2. The molecule has 29 heavy (non-hydrogen) atoms. The largest absolute Gasteiger partial charge is 0.384 e. The van der Waals surface area contributed by atoms with E-state index in [1.165, 1.54) is 0 Å². The molecule has 2 saturated heterocycles. The highest BCUT2D eigenvalue weighted by atomic mass is 35.5. The second-order valence-corrected chi connectivity index (χ2v) is 7.90. The molecule has 0 spiro atoms. The fourth-order valence-electron chi connectivity index (χ4n) is 4.02. The number of aromatic nitrogens is 2. The molecule has 0 bridgehead atoms. The van der Waals surface area contributed by atoms with Crippen LogP contribution in [0.25, 0.3) is 0 Å². The van der Waals surface area contributed by atoms with Crippen LogP contribution in [0.4, 0.5) is 5.69 Å². The Labute approximate surface area is 177 Å². The molecule has 2 N–H and O–H groups in total. The van der Waals surface area contributed by atoms with Gasteiger partial charge in [0.15, 0.2) is 0 Å². The molecule has 0 aliphatic carbocycles. The van der Waals surface area contributed by atoms with Crippen molar-refractivity contribution in [2.24, 2.45) is 5.41 Å². The van der Waals surface area contributed by atoms with E-state index in [-0.39, 0.29) is 43.0 Å². The van der Waals surface area contributed by atoms with Crippen LogP contribution in [-0.4, -0.2) is 78.6 Å². The summed E-state index contributed by atoms with van der Waals surface area (Å²) in [5.74, 6) is -0.0604. The third-order valence-electron chi connectivity index (χ3n) is 5.42. The topological polar surface area (TPSA) is 97.7 Å². The van der Waals surface area contributed by atoms with Gasteiger partial charge in [0.05, 0.1) is 36.1 Å². The zero-order valence-corrected chi connectivity index (χ0v) is 18.2. The van der Waals surface area contributed by atoms with Gasteiger partial charge in [0, 0.05) is 26.4 Å². The molecule has 3 rings (SSSR count). The van der Waals surface area contributed by atoms with Gasteiger partial charge in [0.2, 0.25) is 11.8 Å². The van der Waals surface area contributed by atoms with Gasteiger partial charge < -0.3 is 25.0 Å². The van der Waals surface area contributed by atoms with Crippen LogP contribution in [0.1, 0.15) is 26.7 Å². The minimum absolute atomic E-state index is 0. The number of nitrogens with zero attached hydrogens (tertiary/aromatic N) is 3. The van der Waals surface area contributed by atoms with E-state index in [9.17, 15) is 9.59 Å². The van der Waals surface area contributed by atoms with Crippen LogP contribution in [0.15, 0.2) is 12.4 Å². The first-order valence-corrected chi connectivity index (χ1v) is 9.89. The van der Waals surface area contributed by atoms with Crippen molar-refractivity contribution >= 4 is 29.9 Å². The maximum Gasteiger partial charge on any atom is 0.244 e. The number of carbonyl (C=O) groups excluding carboxylic acids is 2. The van der Waals surface area contributed by atoms with Crippen LogP contribution >= 0.6 is 12.4 Å². The van der Waals surface area contributed by atoms with Gasteiger partial charge in [0.1, 0.15) is 6.54 Å². The number of halogens is 1. The Morgan fingerprint density at radius 1 is 1.31 bits per heavy atom. The Hall–Kier alpha value is -1.68. The number of methoxy groups -OCH3 is 1. The molecule has 0 saturated carbocycles. The number of carbonyl (C=O) groups is 2. The van der Waals surface area contributed by atoms with Crippen molar-refractivity contribution in [3.05, 3.63) is 12.4 Å². The highest BCUT2D eigenvalue weighted by Crippen LogP contribution is 2.30. The Balaban J connectivity index is 0.00000300. The van der Waals surface area contributed by atoms with E-state index >= 15 is 0 Å². The lowest BCUT2D eigenvalue weighted by Crippen LogP contribution is -2.49. The average molecular weight is 430 g/mol. The number of hydrogen-bond acceptors (Lipinski definition) is 6. The number of hydrogen-bond donors (Lipinski definition) is 2. The maximum atomic E-state index is 12.9. The number of rotatable bonds is 6. The quantitative estimate of drug-likeness (QED) is 0.697. The van der Waals surface area contributed by atoms with Gasteiger partial charge in [-0.3, -0.25) is 14.3 Å². The number of ether oxygens (including phenoxy) is 2. The third-order valence-corrected chi connectivity index (χ3v) is 5.42. The number of anilines is 1. The molecule has 1 aromatic rings. The normalized spacial score (nSPS) is 23.9. The number of nitrogens with one attached hydrogen (secondary N) is 2. The van der Waals surface area contributed by atoms with E-state index in [0.29, 0.717) is 25.4 Å². The van der Waals surface area contributed by atoms with E-state index < -0.39 is 5.41 Å². The molecule has 2 unspecified atom stereocenters. The molecule has 2 aliphatic heterocycles. The van der Waals surface area contributed by atoms with E-state index in [4.69, 9.17) is 9.47 Å². The van der Waals surface area contributed by atoms with Crippen molar-refractivity contribution in [2.45, 2.75) is 45.4 Å². The van der Waals surface area contributed by atoms with Crippen molar-refractivity contribution < 1.29 is 19.1 Å². The van der Waals surface area contributed by atoms with Crippen LogP contribution in [0.2, 0.25) is 0 Å². The van der Waals surface area contributed by atoms with Crippen LogP contribution in [0, 0.1) is 5.41 Å². The van der Waals surface area contributed by atoms with Crippen LogP contribution in [0.5, 0.6) is 0 Å². The molecule has 0 aromatic carbocycles. The summed E-state index contributed by atoms with van der Waals surface area (Å²) >= 11 is 0. The lowest BCUT2D eigenvalue weighted by Gasteiger charge is -2.35. The minimum Gasteiger partial charge on any atom is -0.384 e. The molecule has 2 atom stereocenters. The van der Waals surface area contributed by atoms with Gasteiger partial charge in [-0.1, -0.05) is 0 Å². The molecule has 3 heterocycles. The summed E-state index contributed by atoms with van der Waals surface area (Å²) in [7, 11) is 1.62. The fourth-order valence-corrected chi connectivity index (χ4v) is 4.02. The molecule has 2 fully saturated rings. The Morgan fingerprint density at radius 2 is 1.97 bits per heavy atom. The Kier molecular flexibility index (Phi) is 8.45. The summed E-state index contributed by atoms with van der Waals surface area (Å²) in [4.78, 5) is 27.3. The van der Waals surface area contributed by atoms with Gasteiger partial charge in [-0.05, 0) is 39.8 Å². The Bertz CT molecular complexity index is 676. The number of piperidine rings is 1. The smallest absolute Gasteiger partial charge is 0.244 e. The summed E-state index contributed by atoms with van der Waals surface area (Å²) in [6, 6.07) is 0. The predicted octanol–water partition coefficient (Wildman–Crippen LogP) is 0.895. The van der Waals surface area contributed by atoms with Gasteiger partial charge in [-0.15, -0.1) is 12.4 Å². The number of morpholine rings is 1. The monoisotopic (exact) mass is 429 g/mol. The van der Waals surface area contributed by atoms with E-state index in [1.54, 1.807) is 29.1 Å². The van der Waals surface area contributed by atoms with Crippen molar-refractivity contribution in [3.8, 4) is 0 Å². The van der Waals surface area contributed by atoms with Gasteiger partial charge in [-0.2, -0.15) is 5.10 Å². The van der Waals surface area contributed by atoms with Crippen molar-refractivity contribution in [1.82, 2.24) is 20.0 Å². The summed E-state index contributed by atoms with van der Waals surface area (Å²) < 4.78 is 12.6. The van der Waals surface area contributed by atoms with Gasteiger partial charge >= 0.3 is 0 Å².